The zero-order chi connectivity index (χ0) is 25.2. The quantitative estimate of drug-likeness (QED) is 0.273. The molecule has 0 atom stereocenters. The second-order valence-electron chi connectivity index (χ2n) is 8.25. The van der Waals surface area contributed by atoms with E-state index in [1.54, 1.807) is 50.7 Å². The lowest BCUT2D eigenvalue weighted by Gasteiger charge is -2.13. The van der Waals surface area contributed by atoms with Crippen molar-refractivity contribution < 1.29 is 17.9 Å². The fourth-order valence-corrected chi connectivity index (χ4v) is 6.78. The van der Waals surface area contributed by atoms with Crippen LogP contribution >= 0.6 is 11.8 Å². The number of nitrogens with zero attached hydrogens (tertiary/aromatic N) is 3. The van der Waals surface area contributed by atoms with E-state index in [2.05, 4.69) is 16.9 Å². The van der Waals surface area contributed by atoms with Gasteiger partial charge in [0.1, 0.15) is 11.5 Å². The molecule has 0 bridgehead atoms. The van der Waals surface area contributed by atoms with Gasteiger partial charge in [-0.1, -0.05) is 37.2 Å². The van der Waals surface area contributed by atoms with Crippen molar-refractivity contribution in [1.82, 2.24) is 13.9 Å². The molecule has 0 saturated carbocycles. The van der Waals surface area contributed by atoms with Crippen molar-refractivity contribution in [2.24, 2.45) is 0 Å². The van der Waals surface area contributed by atoms with Gasteiger partial charge < -0.3 is 9.47 Å². The molecule has 0 amide bonds. The normalized spacial score (nSPS) is 11.7. The van der Waals surface area contributed by atoms with Gasteiger partial charge in [0.05, 0.1) is 35.8 Å². The van der Waals surface area contributed by atoms with E-state index in [4.69, 9.17) is 9.47 Å². The van der Waals surface area contributed by atoms with Crippen molar-refractivity contribution in [2.75, 3.05) is 14.2 Å². The topological polar surface area (TPSA) is 83.3 Å². The Morgan fingerprint density at radius 1 is 1.03 bits per heavy atom. The molecule has 35 heavy (non-hydrogen) atoms. The number of thioether (sulfide) groups is 1. The van der Waals surface area contributed by atoms with Gasteiger partial charge in [0, 0.05) is 29.1 Å². The monoisotopic (exact) mass is 511 g/mol. The number of ether oxygens (including phenoxy) is 2. The minimum absolute atomic E-state index is 0.223. The number of imidazole rings is 1. The van der Waals surface area contributed by atoms with Crippen molar-refractivity contribution in [3.8, 4) is 11.5 Å². The highest BCUT2D eigenvalue weighted by Gasteiger charge is 2.25. The summed E-state index contributed by atoms with van der Waals surface area (Å²) in [5.74, 6) is 1.84. The maximum Gasteiger partial charge on any atom is 0.270 e. The average molecular weight is 512 g/mol. The lowest BCUT2D eigenvalue weighted by atomic mass is 10.1. The van der Waals surface area contributed by atoms with E-state index in [-0.39, 0.29) is 4.90 Å². The fraction of sp³-hybridized carbons (Fsp3) is 0.308. The van der Waals surface area contributed by atoms with Crippen molar-refractivity contribution >= 4 is 32.8 Å². The Morgan fingerprint density at radius 3 is 2.43 bits per heavy atom. The van der Waals surface area contributed by atoms with Crippen LogP contribution in [-0.2, 0) is 22.2 Å². The lowest BCUT2D eigenvalue weighted by molar-refractivity contribution is 0.407. The molecule has 0 radical (unpaired) electrons. The second-order valence-corrected chi connectivity index (χ2v) is 11.0. The number of hydrogen-bond donors (Lipinski definition) is 0. The highest BCUT2D eigenvalue weighted by molar-refractivity contribution is 7.99. The Balaban J connectivity index is 1.79. The van der Waals surface area contributed by atoms with Crippen LogP contribution < -0.4 is 9.47 Å². The maximum atomic E-state index is 13.8. The Morgan fingerprint density at radius 2 is 1.77 bits per heavy atom. The summed E-state index contributed by atoms with van der Waals surface area (Å²) >= 11 is 1.33. The third-order valence-electron chi connectivity index (χ3n) is 5.88. The molecule has 4 rings (SSSR count). The first-order valence-corrected chi connectivity index (χ1v) is 13.8. The van der Waals surface area contributed by atoms with Gasteiger partial charge in [0.25, 0.3) is 10.0 Å². The molecule has 4 aromatic rings. The van der Waals surface area contributed by atoms with Crippen LogP contribution in [0, 0.1) is 13.8 Å². The van der Waals surface area contributed by atoms with Gasteiger partial charge in [-0.05, 0) is 50.1 Å². The molecule has 0 aliphatic heterocycles. The van der Waals surface area contributed by atoms with Crippen LogP contribution in [0.5, 0.6) is 11.5 Å². The largest absolute Gasteiger partial charge is 0.497 e. The van der Waals surface area contributed by atoms with Crippen molar-refractivity contribution in [1.29, 1.82) is 0 Å². The summed E-state index contributed by atoms with van der Waals surface area (Å²) < 4.78 is 39.8. The zero-order valence-electron chi connectivity index (χ0n) is 20.5. The number of benzene rings is 2. The van der Waals surface area contributed by atoms with Crippen LogP contribution in [0.1, 0.15) is 35.7 Å². The summed E-state index contributed by atoms with van der Waals surface area (Å²) in [5.41, 5.74) is 4.85. The second kappa shape index (κ2) is 10.3. The first-order valence-electron chi connectivity index (χ1n) is 11.3. The van der Waals surface area contributed by atoms with Crippen LogP contribution in [0.3, 0.4) is 0 Å². The summed E-state index contributed by atoms with van der Waals surface area (Å²) in [5, 5.41) is 0.367. The van der Waals surface area contributed by atoms with E-state index in [1.807, 2.05) is 26.0 Å². The zero-order valence-corrected chi connectivity index (χ0v) is 22.2. The first-order chi connectivity index (χ1) is 16.8. The Bertz CT molecular complexity index is 1460. The van der Waals surface area contributed by atoms with Crippen molar-refractivity contribution in [2.45, 2.75) is 49.4 Å². The average Bonchev–Trinajstić information content (AvgIpc) is 3.22. The van der Waals surface area contributed by atoms with E-state index < -0.39 is 10.0 Å². The number of methoxy groups -OCH3 is 2. The minimum Gasteiger partial charge on any atom is -0.497 e. The molecule has 2 aromatic carbocycles. The van der Waals surface area contributed by atoms with Gasteiger partial charge in [-0.25, -0.2) is 17.4 Å². The smallest absolute Gasteiger partial charge is 0.270 e. The maximum absolute atomic E-state index is 13.8. The Hall–Kier alpha value is -3.04. The molecule has 0 aliphatic rings. The molecular weight excluding hydrogens is 482 g/mol. The van der Waals surface area contributed by atoms with Gasteiger partial charge in [-0.3, -0.25) is 4.98 Å². The predicted molar refractivity (Wildman–Crippen MR) is 139 cm³/mol. The number of aryl methyl sites for hydroxylation is 2. The van der Waals surface area contributed by atoms with E-state index in [1.165, 1.54) is 15.7 Å². The molecule has 0 fully saturated rings. The first kappa shape index (κ1) is 25.1. The molecule has 2 heterocycles. The highest BCUT2D eigenvalue weighted by atomic mass is 32.2. The third kappa shape index (κ3) is 4.88. The van der Waals surface area contributed by atoms with Gasteiger partial charge in [-0.15, -0.1) is 0 Å². The minimum atomic E-state index is -3.89. The van der Waals surface area contributed by atoms with Gasteiger partial charge >= 0.3 is 0 Å². The molecule has 184 valence electrons. The number of pyridine rings is 1. The summed E-state index contributed by atoms with van der Waals surface area (Å²) in [4.78, 5) is 9.45. The summed E-state index contributed by atoms with van der Waals surface area (Å²) in [6.45, 7) is 6.00. The molecule has 0 spiro atoms. The van der Waals surface area contributed by atoms with Crippen molar-refractivity contribution in [3.63, 3.8) is 0 Å². The molecule has 0 unspecified atom stereocenters. The SMILES string of the molecule is CCCc1ccc(S(=O)(=O)n2c(SCc3ncc(C)c(OC)c3C)nc3cc(OC)ccc32)cc1. The van der Waals surface area contributed by atoms with E-state index in [0.717, 1.165) is 41.0 Å². The van der Waals surface area contributed by atoms with Crippen LogP contribution in [0.25, 0.3) is 11.0 Å². The predicted octanol–water partition coefficient (Wildman–Crippen LogP) is 5.55. The molecular formula is C26H29N3O4S2. The van der Waals surface area contributed by atoms with E-state index in [9.17, 15) is 8.42 Å². The van der Waals surface area contributed by atoms with Gasteiger partial charge in [-0.2, -0.15) is 0 Å². The van der Waals surface area contributed by atoms with Gasteiger partial charge in [0.15, 0.2) is 5.16 Å². The summed E-state index contributed by atoms with van der Waals surface area (Å²) in [7, 11) is -0.683. The van der Waals surface area contributed by atoms with E-state index >= 15 is 0 Å². The van der Waals surface area contributed by atoms with Crippen LogP contribution in [-0.4, -0.2) is 36.6 Å². The molecule has 0 saturated heterocycles. The van der Waals surface area contributed by atoms with E-state index in [0.29, 0.717) is 27.7 Å². The Kier molecular flexibility index (Phi) is 7.37. The Labute approximate surface area is 210 Å². The lowest BCUT2D eigenvalue weighted by Crippen LogP contribution is -2.14. The number of hydrogen-bond acceptors (Lipinski definition) is 7. The van der Waals surface area contributed by atoms with Crippen LogP contribution in [0.2, 0.25) is 0 Å². The third-order valence-corrected chi connectivity index (χ3v) is 8.66. The molecule has 7 nitrogen and oxygen atoms in total. The van der Waals surface area contributed by atoms with Gasteiger partial charge in [0.2, 0.25) is 0 Å². The summed E-state index contributed by atoms with van der Waals surface area (Å²) in [6, 6.07) is 12.3. The number of fused-ring (bicyclic) bond motifs is 1. The molecule has 9 heteroatoms. The van der Waals surface area contributed by atoms with Crippen LogP contribution in [0.4, 0.5) is 0 Å². The number of aromatic nitrogens is 3. The summed E-state index contributed by atoms with van der Waals surface area (Å²) in [6.07, 6.45) is 3.67. The molecule has 0 aliphatic carbocycles. The van der Waals surface area contributed by atoms with Crippen LogP contribution in [0.15, 0.2) is 58.7 Å². The number of rotatable bonds is 9. The fourth-order valence-electron chi connectivity index (χ4n) is 4.04. The molecule has 2 aromatic heterocycles. The highest BCUT2D eigenvalue weighted by Crippen LogP contribution is 2.34. The van der Waals surface area contributed by atoms with Crippen molar-refractivity contribution in [3.05, 3.63) is 71.0 Å². The molecule has 0 N–H and O–H groups in total. The standard InChI is InChI=1S/C26H29N3O4S2/c1-6-7-19-8-11-21(12-9-19)35(30,31)29-24-13-10-20(32-4)14-22(24)28-26(29)34-16-23-18(3)25(33-5)17(2)15-27-23/h8-15H,6-7,16H2,1-5H3.